The summed E-state index contributed by atoms with van der Waals surface area (Å²) in [5, 5.41) is 2.69. The summed E-state index contributed by atoms with van der Waals surface area (Å²) in [7, 11) is -3.32. The molecule has 0 aliphatic rings. The van der Waals surface area contributed by atoms with Gasteiger partial charge < -0.3 is 5.32 Å². The van der Waals surface area contributed by atoms with Crippen molar-refractivity contribution < 1.29 is 8.42 Å². The summed E-state index contributed by atoms with van der Waals surface area (Å²) in [6.07, 6.45) is 0. The Morgan fingerprint density at radius 1 is 1.05 bits per heavy atom. The first-order valence-corrected chi connectivity index (χ1v) is 8.17. The number of hydrogen-bond acceptors (Lipinski definition) is 3. The number of nitrogens with one attached hydrogen (secondary N) is 2. The highest BCUT2D eigenvalue weighted by atomic mass is 32.2. The maximum Gasteiger partial charge on any atom is 0.216 e. The lowest BCUT2D eigenvalue weighted by molar-refractivity contribution is 0.531. The van der Waals surface area contributed by atoms with Crippen LogP contribution in [0.15, 0.2) is 30.3 Å². The molecule has 0 fully saturated rings. The highest BCUT2D eigenvalue weighted by Crippen LogP contribution is 2.13. The maximum atomic E-state index is 12.2. The zero-order chi connectivity index (χ0) is 14.5. The quantitative estimate of drug-likeness (QED) is 0.805. The van der Waals surface area contributed by atoms with Gasteiger partial charge in [-0.1, -0.05) is 44.2 Å². The monoisotopic (exact) mass is 284 g/mol. The molecular weight excluding hydrogens is 260 g/mol. The van der Waals surface area contributed by atoms with Crippen LogP contribution in [0.25, 0.3) is 0 Å². The Labute approximate surface area is 116 Å². The van der Waals surface area contributed by atoms with Gasteiger partial charge in [-0.2, -0.15) is 0 Å². The predicted octanol–water partition coefficient (Wildman–Crippen LogP) is 2.05. The summed E-state index contributed by atoms with van der Waals surface area (Å²) >= 11 is 0. The highest BCUT2D eigenvalue weighted by Gasteiger charge is 2.23. The molecule has 1 aromatic carbocycles. The molecule has 2 atom stereocenters. The van der Waals surface area contributed by atoms with Crippen molar-refractivity contribution in [1.82, 2.24) is 10.0 Å². The standard InChI is InChI=1S/C14H24N2O2S/c1-11(2)15-10-12(3)19(17,18)16-13(4)14-8-6-5-7-9-14/h5-9,11-13,15-16H,10H2,1-4H3. The van der Waals surface area contributed by atoms with Gasteiger partial charge in [-0.25, -0.2) is 13.1 Å². The molecule has 1 rings (SSSR count). The molecule has 4 nitrogen and oxygen atoms in total. The first kappa shape index (κ1) is 16.1. The molecule has 108 valence electrons. The third-order valence-corrected chi connectivity index (χ3v) is 4.89. The molecule has 0 aromatic heterocycles. The minimum absolute atomic E-state index is 0.215. The van der Waals surface area contributed by atoms with Gasteiger partial charge in [-0.05, 0) is 19.4 Å². The number of hydrogen-bond donors (Lipinski definition) is 2. The van der Waals surface area contributed by atoms with Crippen molar-refractivity contribution in [2.45, 2.75) is 45.0 Å². The van der Waals surface area contributed by atoms with Crippen LogP contribution in [-0.4, -0.2) is 26.3 Å². The molecule has 2 N–H and O–H groups in total. The van der Waals surface area contributed by atoms with Gasteiger partial charge in [0.2, 0.25) is 10.0 Å². The summed E-state index contributed by atoms with van der Waals surface area (Å²) in [5.41, 5.74) is 0.968. The van der Waals surface area contributed by atoms with Crippen LogP contribution in [0.4, 0.5) is 0 Å². The summed E-state index contributed by atoms with van der Waals surface area (Å²) in [6.45, 7) is 8.03. The molecule has 0 amide bonds. The van der Waals surface area contributed by atoms with E-state index < -0.39 is 15.3 Å². The van der Waals surface area contributed by atoms with Crippen molar-refractivity contribution in [3.05, 3.63) is 35.9 Å². The number of sulfonamides is 1. The summed E-state index contributed by atoms with van der Waals surface area (Å²) in [4.78, 5) is 0. The third-order valence-electron chi connectivity index (χ3n) is 2.98. The van der Waals surface area contributed by atoms with E-state index in [1.165, 1.54) is 0 Å². The molecule has 1 aromatic rings. The van der Waals surface area contributed by atoms with Crippen molar-refractivity contribution in [1.29, 1.82) is 0 Å². The van der Waals surface area contributed by atoms with Gasteiger partial charge in [-0.3, -0.25) is 0 Å². The normalized spacial score (nSPS) is 15.4. The van der Waals surface area contributed by atoms with Crippen LogP contribution in [0.1, 0.15) is 39.3 Å². The van der Waals surface area contributed by atoms with Gasteiger partial charge in [0.05, 0.1) is 5.25 Å². The minimum Gasteiger partial charge on any atom is -0.313 e. The average molecular weight is 284 g/mol. The molecule has 0 saturated heterocycles. The minimum atomic E-state index is -3.32. The van der Waals surface area contributed by atoms with E-state index in [0.29, 0.717) is 6.54 Å². The Balaban J connectivity index is 2.64. The Bertz CT molecular complexity index is 471. The molecule has 5 heteroatoms. The topological polar surface area (TPSA) is 58.2 Å². The van der Waals surface area contributed by atoms with Crippen LogP contribution in [0.2, 0.25) is 0 Å². The molecule has 0 bridgehead atoms. The second-order valence-electron chi connectivity index (χ2n) is 5.17. The van der Waals surface area contributed by atoms with E-state index in [4.69, 9.17) is 0 Å². The maximum absolute atomic E-state index is 12.2. The van der Waals surface area contributed by atoms with E-state index >= 15 is 0 Å². The Kier molecular flexibility index (Phi) is 5.97. The number of rotatable bonds is 7. The van der Waals surface area contributed by atoms with Crippen LogP contribution in [0.3, 0.4) is 0 Å². The highest BCUT2D eigenvalue weighted by molar-refractivity contribution is 7.90. The summed E-state index contributed by atoms with van der Waals surface area (Å²) < 4.78 is 27.1. The summed E-state index contributed by atoms with van der Waals surface area (Å²) in [5.74, 6) is 0. The zero-order valence-corrected chi connectivity index (χ0v) is 12.9. The van der Waals surface area contributed by atoms with Gasteiger partial charge in [0.25, 0.3) is 0 Å². The molecule has 0 saturated carbocycles. The zero-order valence-electron chi connectivity index (χ0n) is 12.1. The largest absolute Gasteiger partial charge is 0.313 e. The van der Waals surface area contributed by atoms with Gasteiger partial charge in [-0.15, -0.1) is 0 Å². The van der Waals surface area contributed by atoms with E-state index in [1.54, 1.807) is 6.92 Å². The van der Waals surface area contributed by atoms with Crippen molar-refractivity contribution >= 4 is 10.0 Å². The van der Waals surface area contributed by atoms with Gasteiger partial charge in [0.1, 0.15) is 0 Å². The predicted molar refractivity (Wildman–Crippen MR) is 79.5 cm³/mol. The van der Waals surface area contributed by atoms with Crippen molar-refractivity contribution in [2.75, 3.05) is 6.54 Å². The Morgan fingerprint density at radius 3 is 2.16 bits per heavy atom. The SMILES string of the molecule is CC(C)NCC(C)S(=O)(=O)NC(C)c1ccccc1. The van der Waals surface area contributed by atoms with Gasteiger partial charge in [0, 0.05) is 18.6 Å². The van der Waals surface area contributed by atoms with Crippen molar-refractivity contribution in [3.8, 4) is 0 Å². The lowest BCUT2D eigenvalue weighted by Gasteiger charge is -2.20. The third kappa shape index (κ3) is 5.30. The lowest BCUT2D eigenvalue weighted by atomic mass is 10.1. The van der Waals surface area contributed by atoms with E-state index in [1.807, 2.05) is 51.1 Å². The molecule has 0 spiro atoms. The van der Waals surface area contributed by atoms with E-state index in [2.05, 4.69) is 10.0 Å². The van der Waals surface area contributed by atoms with Gasteiger partial charge in [0.15, 0.2) is 0 Å². The van der Waals surface area contributed by atoms with E-state index in [9.17, 15) is 8.42 Å². The van der Waals surface area contributed by atoms with E-state index in [-0.39, 0.29) is 12.1 Å². The van der Waals surface area contributed by atoms with Crippen LogP contribution < -0.4 is 10.0 Å². The molecule has 0 aliphatic carbocycles. The second-order valence-corrected chi connectivity index (χ2v) is 7.30. The van der Waals surface area contributed by atoms with Gasteiger partial charge >= 0.3 is 0 Å². The molecular formula is C14H24N2O2S. The molecule has 0 aliphatic heterocycles. The Hall–Kier alpha value is -0.910. The van der Waals surface area contributed by atoms with Crippen molar-refractivity contribution in [2.24, 2.45) is 0 Å². The molecule has 0 heterocycles. The van der Waals surface area contributed by atoms with Crippen LogP contribution in [0.5, 0.6) is 0 Å². The first-order valence-electron chi connectivity index (χ1n) is 6.62. The molecule has 2 unspecified atom stereocenters. The lowest BCUT2D eigenvalue weighted by Crippen LogP contribution is -2.41. The summed E-state index contributed by atoms with van der Waals surface area (Å²) in [6, 6.07) is 9.64. The fraction of sp³-hybridized carbons (Fsp3) is 0.571. The fourth-order valence-electron chi connectivity index (χ4n) is 1.68. The van der Waals surface area contributed by atoms with Crippen LogP contribution >= 0.6 is 0 Å². The van der Waals surface area contributed by atoms with Crippen molar-refractivity contribution in [3.63, 3.8) is 0 Å². The first-order chi connectivity index (χ1) is 8.83. The van der Waals surface area contributed by atoms with E-state index in [0.717, 1.165) is 5.56 Å². The average Bonchev–Trinajstić information content (AvgIpc) is 2.36. The van der Waals surface area contributed by atoms with Crippen LogP contribution in [0, 0.1) is 0 Å². The molecule has 0 radical (unpaired) electrons. The molecule has 19 heavy (non-hydrogen) atoms. The van der Waals surface area contributed by atoms with Crippen LogP contribution in [-0.2, 0) is 10.0 Å². The fourth-order valence-corrected chi connectivity index (χ4v) is 2.86. The Morgan fingerprint density at radius 2 is 1.63 bits per heavy atom. The number of benzene rings is 1. The second kappa shape index (κ2) is 7.03. The smallest absolute Gasteiger partial charge is 0.216 e.